The van der Waals surface area contributed by atoms with Crippen LogP contribution in [-0.2, 0) is 14.4 Å². The third-order valence-corrected chi connectivity index (χ3v) is 2.90. The lowest BCUT2D eigenvalue weighted by atomic mass is 10.0. The number of likely N-dealkylation sites (N-methyl/N-ethyl adjacent to an activating group) is 1. The van der Waals surface area contributed by atoms with Crippen LogP contribution in [0.5, 0.6) is 0 Å². The average Bonchev–Trinajstić information content (AvgIpc) is 2.30. The van der Waals surface area contributed by atoms with Gasteiger partial charge in [-0.3, -0.25) is 19.3 Å². The number of hydrogen-bond acceptors (Lipinski definition) is 4. The van der Waals surface area contributed by atoms with Crippen molar-refractivity contribution in [1.29, 1.82) is 0 Å². The summed E-state index contributed by atoms with van der Waals surface area (Å²) in [6, 6.07) is -1.20. The molecule has 17 heavy (non-hydrogen) atoms. The Bertz CT molecular complexity index is 330. The minimum absolute atomic E-state index is 0.210. The normalized spacial score (nSPS) is 22.5. The van der Waals surface area contributed by atoms with Gasteiger partial charge in [0.2, 0.25) is 11.8 Å². The van der Waals surface area contributed by atoms with E-state index in [0.29, 0.717) is 12.8 Å². The zero-order chi connectivity index (χ0) is 13.0. The van der Waals surface area contributed by atoms with Crippen LogP contribution in [0.25, 0.3) is 0 Å². The van der Waals surface area contributed by atoms with Crippen molar-refractivity contribution in [2.45, 2.75) is 44.7 Å². The molecule has 0 aromatic carbocycles. The van der Waals surface area contributed by atoms with Crippen LogP contribution >= 0.6 is 0 Å². The van der Waals surface area contributed by atoms with Crippen molar-refractivity contribution in [3.63, 3.8) is 0 Å². The standard InChI is InChI=1S/C11H19N3O3/c1-3-4-7(12)10(16)13-8-5-6-9(15)14(2)11(8)17/h7-8H,3-6,12H2,1-2H3,(H,13,16)/t7-,8?/m0/s1. The lowest BCUT2D eigenvalue weighted by Crippen LogP contribution is -2.55. The van der Waals surface area contributed by atoms with E-state index in [0.717, 1.165) is 11.3 Å². The summed E-state index contributed by atoms with van der Waals surface area (Å²) in [7, 11) is 1.43. The van der Waals surface area contributed by atoms with Gasteiger partial charge in [0.15, 0.2) is 0 Å². The van der Waals surface area contributed by atoms with E-state index in [9.17, 15) is 14.4 Å². The highest BCUT2D eigenvalue weighted by atomic mass is 16.2. The van der Waals surface area contributed by atoms with Gasteiger partial charge in [-0.15, -0.1) is 0 Å². The maximum absolute atomic E-state index is 11.7. The molecule has 0 saturated carbocycles. The topological polar surface area (TPSA) is 92.5 Å². The predicted molar refractivity (Wildman–Crippen MR) is 61.8 cm³/mol. The molecule has 1 aliphatic rings. The smallest absolute Gasteiger partial charge is 0.251 e. The molecule has 96 valence electrons. The van der Waals surface area contributed by atoms with Crippen molar-refractivity contribution in [3.8, 4) is 0 Å². The Hall–Kier alpha value is -1.43. The van der Waals surface area contributed by atoms with E-state index in [1.54, 1.807) is 0 Å². The second-order valence-corrected chi connectivity index (χ2v) is 4.29. The molecule has 0 aromatic heterocycles. The fourth-order valence-electron chi connectivity index (χ4n) is 1.77. The number of imide groups is 1. The number of amides is 3. The molecule has 0 spiro atoms. The second-order valence-electron chi connectivity index (χ2n) is 4.29. The summed E-state index contributed by atoms with van der Waals surface area (Å²) in [6.45, 7) is 1.94. The molecule has 2 atom stereocenters. The molecule has 0 aromatic rings. The van der Waals surface area contributed by atoms with Crippen LogP contribution in [0.4, 0.5) is 0 Å². The van der Waals surface area contributed by atoms with Gasteiger partial charge in [-0.05, 0) is 12.8 Å². The molecule has 1 aliphatic heterocycles. The highest BCUT2D eigenvalue weighted by Crippen LogP contribution is 2.11. The Morgan fingerprint density at radius 2 is 2.24 bits per heavy atom. The average molecular weight is 241 g/mol. The summed E-state index contributed by atoms with van der Waals surface area (Å²) in [6.07, 6.45) is 2.02. The van der Waals surface area contributed by atoms with E-state index in [1.165, 1.54) is 7.05 Å². The van der Waals surface area contributed by atoms with E-state index in [-0.39, 0.29) is 24.1 Å². The van der Waals surface area contributed by atoms with Crippen molar-refractivity contribution in [1.82, 2.24) is 10.2 Å². The highest BCUT2D eigenvalue weighted by molar-refractivity contribution is 6.01. The molecule has 6 heteroatoms. The predicted octanol–water partition coefficient (Wildman–Crippen LogP) is -0.623. The fourth-order valence-corrected chi connectivity index (χ4v) is 1.77. The number of carbonyl (C=O) groups excluding carboxylic acids is 3. The van der Waals surface area contributed by atoms with Crippen LogP contribution in [0.15, 0.2) is 0 Å². The first-order valence-corrected chi connectivity index (χ1v) is 5.83. The Morgan fingerprint density at radius 3 is 2.82 bits per heavy atom. The summed E-state index contributed by atoms with van der Waals surface area (Å²) in [5, 5.41) is 2.60. The monoisotopic (exact) mass is 241 g/mol. The maximum atomic E-state index is 11.7. The SMILES string of the molecule is CCC[C@H](N)C(=O)NC1CCC(=O)N(C)C1=O. The van der Waals surface area contributed by atoms with Gasteiger partial charge in [-0.2, -0.15) is 0 Å². The number of nitrogens with one attached hydrogen (secondary N) is 1. The minimum atomic E-state index is -0.617. The summed E-state index contributed by atoms with van der Waals surface area (Å²) >= 11 is 0. The third kappa shape index (κ3) is 3.26. The molecule has 1 rings (SSSR count). The van der Waals surface area contributed by atoms with Gasteiger partial charge in [0.05, 0.1) is 6.04 Å². The molecule has 3 N–H and O–H groups in total. The van der Waals surface area contributed by atoms with Crippen molar-refractivity contribution in [3.05, 3.63) is 0 Å². The van der Waals surface area contributed by atoms with Crippen LogP contribution < -0.4 is 11.1 Å². The quantitative estimate of drug-likeness (QED) is 0.641. The summed E-state index contributed by atoms with van der Waals surface area (Å²) < 4.78 is 0. The Kier molecular flexibility index (Phi) is 4.62. The van der Waals surface area contributed by atoms with Gasteiger partial charge in [-0.1, -0.05) is 13.3 Å². The van der Waals surface area contributed by atoms with Gasteiger partial charge >= 0.3 is 0 Å². The number of rotatable bonds is 4. The first-order valence-electron chi connectivity index (χ1n) is 5.83. The fraction of sp³-hybridized carbons (Fsp3) is 0.727. The Labute approximate surface area is 101 Å². The van der Waals surface area contributed by atoms with Crippen LogP contribution in [0.2, 0.25) is 0 Å². The van der Waals surface area contributed by atoms with Gasteiger partial charge in [0.1, 0.15) is 6.04 Å². The molecule has 0 radical (unpaired) electrons. The zero-order valence-electron chi connectivity index (χ0n) is 10.2. The zero-order valence-corrected chi connectivity index (χ0v) is 10.2. The van der Waals surface area contributed by atoms with E-state index in [4.69, 9.17) is 5.73 Å². The van der Waals surface area contributed by atoms with Crippen molar-refractivity contribution >= 4 is 17.7 Å². The van der Waals surface area contributed by atoms with Gasteiger partial charge in [0, 0.05) is 13.5 Å². The van der Waals surface area contributed by atoms with Crippen LogP contribution in [-0.4, -0.2) is 41.8 Å². The van der Waals surface area contributed by atoms with Crippen LogP contribution in [0.3, 0.4) is 0 Å². The van der Waals surface area contributed by atoms with E-state index >= 15 is 0 Å². The lowest BCUT2D eigenvalue weighted by Gasteiger charge is -2.28. The van der Waals surface area contributed by atoms with Crippen molar-refractivity contribution in [2.24, 2.45) is 5.73 Å². The molecule has 3 amide bonds. The first-order chi connectivity index (χ1) is 7.97. The summed E-state index contributed by atoms with van der Waals surface area (Å²) in [5.74, 6) is -0.899. The highest BCUT2D eigenvalue weighted by Gasteiger charge is 2.33. The van der Waals surface area contributed by atoms with Crippen LogP contribution in [0.1, 0.15) is 32.6 Å². The lowest BCUT2D eigenvalue weighted by molar-refractivity contribution is -0.149. The molecule has 1 fully saturated rings. The van der Waals surface area contributed by atoms with Gasteiger partial charge in [-0.25, -0.2) is 0 Å². The largest absolute Gasteiger partial charge is 0.343 e. The molecule has 0 bridgehead atoms. The summed E-state index contributed by atoms with van der Waals surface area (Å²) in [4.78, 5) is 35.6. The third-order valence-electron chi connectivity index (χ3n) is 2.90. The molecule has 1 unspecified atom stereocenters. The number of nitrogens with two attached hydrogens (primary N) is 1. The molecule has 0 aliphatic carbocycles. The first kappa shape index (κ1) is 13.6. The van der Waals surface area contributed by atoms with E-state index in [2.05, 4.69) is 5.32 Å². The van der Waals surface area contributed by atoms with Crippen molar-refractivity contribution in [2.75, 3.05) is 7.05 Å². The summed E-state index contributed by atoms with van der Waals surface area (Å²) in [5.41, 5.74) is 5.65. The van der Waals surface area contributed by atoms with Gasteiger partial charge < -0.3 is 11.1 Å². The molecular weight excluding hydrogens is 222 g/mol. The Morgan fingerprint density at radius 1 is 1.59 bits per heavy atom. The van der Waals surface area contributed by atoms with E-state index < -0.39 is 12.1 Å². The van der Waals surface area contributed by atoms with Crippen molar-refractivity contribution < 1.29 is 14.4 Å². The van der Waals surface area contributed by atoms with Crippen LogP contribution in [0, 0.1) is 0 Å². The number of hydrogen-bond donors (Lipinski definition) is 2. The van der Waals surface area contributed by atoms with E-state index in [1.807, 2.05) is 6.92 Å². The number of likely N-dealkylation sites (tertiary alicyclic amines) is 1. The molecule has 1 saturated heterocycles. The van der Waals surface area contributed by atoms with Gasteiger partial charge in [0.25, 0.3) is 5.91 Å². The molecule has 1 heterocycles. The second kappa shape index (κ2) is 5.77. The Balaban J connectivity index is 2.54. The minimum Gasteiger partial charge on any atom is -0.343 e. The number of nitrogens with zero attached hydrogens (tertiary/aromatic N) is 1. The molecular formula is C11H19N3O3. The number of carbonyl (C=O) groups is 3. The molecule has 6 nitrogen and oxygen atoms in total. The number of piperidine rings is 1. The maximum Gasteiger partial charge on any atom is 0.251 e.